The van der Waals surface area contributed by atoms with Gasteiger partial charge < -0.3 is 19.5 Å². The summed E-state index contributed by atoms with van der Waals surface area (Å²) in [6.45, 7) is 5.46. The molecule has 0 saturated heterocycles. The summed E-state index contributed by atoms with van der Waals surface area (Å²) in [5.41, 5.74) is 5.80. The van der Waals surface area contributed by atoms with E-state index in [4.69, 9.17) is 25.8 Å². The van der Waals surface area contributed by atoms with E-state index in [1.54, 1.807) is 74.5 Å². The van der Waals surface area contributed by atoms with Crippen LogP contribution in [0.3, 0.4) is 0 Å². The Kier molecular flexibility index (Phi) is 7.22. The Morgan fingerprint density at radius 3 is 2.46 bits per heavy atom. The molecule has 1 heterocycles. The molecule has 4 rings (SSSR count). The van der Waals surface area contributed by atoms with Gasteiger partial charge in [-0.3, -0.25) is 9.59 Å². The Morgan fingerprint density at radius 1 is 1.00 bits per heavy atom. The molecule has 1 aliphatic heterocycles. The largest absolute Gasteiger partial charge is 0.481 e. The minimum atomic E-state index is -0.704. The van der Waals surface area contributed by atoms with Crippen molar-refractivity contribution in [1.29, 1.82) is 0 Å². The van der Waals surface area contributed by atoms with Gasteiger partial charge in [0.2, 0.25) is 6.79 Å². The number of hydrogen-bond acceptors (Lipinski definition) is 6. The molecular formula is C26H24ClN3O5. The second-order valence-electron chi connectivity index (χ2n) is 7.94. The molecule has 0 fully saturated rings. The Morgan fingerprint density at radius 2 is 1.71 bits per heavy atom. The van der Waals surface area contributed by atoms with Crippen LogP contribution in [0.1, 0.15) is 35.3 Å². The summed E-state index contributed by atoms with van der Waals surface area (Å²) in [5.74, 6) is 1.08. The van der Waals surface area contributed by atoms with Gasteiger partial charge in [-0.25, -0.2) is 5.43 Å². The second-order valence-corrected chi connectivity index (χ2v) is 8.38. The van der Waals surface area contributed by atoms with Crippen LogP contribution in [0.5, 0.6) is 17.2 Å². The van der Waals surface area contributed by atoms with Gasteiger partial charge >= 0.3 is 0 Å². The fourth-order valence-corrected chi connectivity index (χ4v) is 3.56. The molecule has 180 valence electrons. The van der Waals surface area contributed by atoms with E-state index < -0.39 is 6.10 Å². The van der Waals surface area contributed by atoms with Crippen molar-refractivity contribution in [3.8, 4) is 17.2 Å². The third kappa shape index (κ3) is 5.91. The summed E-state index contributed by atoms with van der Waals surface area (Å²) in [6, 6.07) is 17.3. The molecule has 2 N–H and O–H groups in total. The zero-order valence-corrected chi connectivity index (χ0v) is 20.2. The summed E-state index contributed by atoms with van der Waals surface area (Å²) in [4.78, 5) is 25.0. The number of ether oxygens (including phenoxy) is 3. The molecule has 2 amide bonds. The van der Waals surface area contributed by atoms with E-state index in [0.29, 0.717) is 39.2 Å². The number of nitrogens with zero attached hydrogens (tertiary/aromatic N) is 1. The summed E-state index contributed by atoms with van der Waals surface area (Å²) in [7, 11) is 0. The topological polar surface area (TPSA) is 98.3 Å². The third-order valence-electron chi connectivity index (χ3n) is 5.34. The summed E-state index contributed by atoms with van der Waals surface area (Å²) >= 11 is 5.97. The van der Waals surface area contributed by atoms with E-state index in [1.165, 1.54) is 0 Å². The molecule has 0 aliphatic carbocycles. The normalized spacial score (nSPS) is 13.2. The number of aryl methyl sites for hydroxylation is 1. The van der Waals surface area contributed by atoms with E-state index >= 15 is 0 Å². The molecule has 0 bridgehead atoms. The molecule has 0 aromatic heterocycles. The van der Waals surface area contributed by atoms with Crippen molar-refractivity contribution in [2.45, 2.75) is 26.9 Å². The van der Waals surface area contributed by atoms with Crippen LogP contribution in [-0.4, -0.2) is 30.4 Å². The maximum atomic E-state index is 12.5. The summed E-state index contributed by atoms with van der Waals surface area (Å²) in [6.07, 6.45) is -0.704. The fraction of sp³-hybridized carbons (Fsp3) is 0.192. The zero-order chi connectivity index (χ0) is 24.9. The van der Waals surface area contributed by atoms with Crippen LogP contribution >= 0.6 is 11.6 Å². The minimum Gasteiger partial charge on any atom is -0.481 e. The van der Waals surface area contributed by atoms with Crippen LogP contribution in [0, 0.1) is 6.92 Å². The number of fused-ring (bicyclic) bond motifs is 1. The lowest BCUT2D eigenvalue weighted by Gasteiger charge is -2.16. The lowest BCUT2D eigenvalue weighted by Crippen LogP contribution is -2.30. The number of hydrazone groups is 1. The molecule has 8 nitrogen and oxygen atoms in total. The average Bonchev–Trinajstić information content (AvgIpc) is 3.32. The van der Waals surface area contributed by atoms with Gasteiger partial charge in [0.15, 0.2) is 17.6 Å². The molecule has 9 heteroatoms. The molecule has 3 aromatic carbocycles. The van der Waals surface area contributed by atoms with Crippen molar-refractivity contribution in [3.63, 3.8) is 0 Å². The highest BCUT2D eigenvalue weighted by atomic mass is 35.5. The number of amides is 2. The number of hydrogen-bond donors (Lipinski definition) is 2. The van der Waals surface area contributed by atoms with E-state index in [-0.39, 0.29) is 18.6 Å². The van der Waals surface area contributed by atoms with Crippen molar-refractivity contribution in [1.82, 2.24) is 5.43 Å². The molecule has 0 radical (unpaired) electrons. The van der Waals surface area contributed by atoms with E-state index in [2.05, 4.69) is 15.8 Å². The smallest absolute Gasteiger partial charge is 0.271 e. The van der Waals surface area contributed by atoms with Gasteiger partial charge in [-0.15, -0.1) is 0 Å². The SMILES string of the molecule is CC(=NNC(=O)c1ccc2c(c1)OCO2)c1ccc(NC(=O)C(C)Oc2ccc(Cl)cc2C)cc1. The van der Waals surface area contributed by atoms with E-state index in [0.717, 1.165) is 11.1 Å². The van der Waals surface area contributed by atoms with E-state index in [1.807, 2.05) is 6.92 Å². The average molecular weight is 494 g/mol. The first-order chi connectivity index (χ1) is 16.8. The first kappa shape index (κ1) is 24.1. The minimum absolute atomic E-state index is 0.141. The third-order valence-corrected chi connectivity index (χ3v) is 5.58. The summed E-state index contributed by atoms with van der Waals surface area (Å²) < 4.78 is 16.3. The highest BCUT2D eigenvalue weighted by Crippen LogP contribution is 2.32. The van der Waals surface area contributed by atoms with Crippen LogP contribution in [-0.2, 0) is 4.79 Å². The number of rotatable bonds is 7. The van der Waals surface area contributed by atoms with Crippen molar-refractivity contribution in [2.24, 2.45) is 5.10 Å². The van der Waals surface area contributed by atoms with Crippen LogP contribution in [0.15, 0.2) is 65.8 Å². The molecule has 3 aromatic rings. The predicted molar refractivity (Wildman–Crippen MR) is 134 cm³/mol. The molecule has 0 spiro atoms. The Balaban J connectivity index is 1.33. The Bertz CT molecular complexity index is 1290. The number of nitrogens with one attached hydrogen (secondary N) is 2. The predicted octanol–water partition coefficient (Wildman–Crippen LogP) is 4.94. The quantitative estimate of drug-likeness (QED) is 0.359. The van der Waals surface area contributed by atoms with Crippen molar-refractivity contribution < 1.29 is 23.8 Å². The number of carbonyl (C=O) groups is 2. The van der Waals surface area contributed by atoms with Gasteiger partial charge in [0, 0.05) is 16.3 Å². The first-order valence-electron chi connectivity index (χ1n) is 10.9. The van der Waals surface area contributed by atoms with Crippen LogP contribution < -0.4 is 25.0 Å². The van der Waals surface area contributed by atoms with Gasteiger partial charge in [0.1, 0.15) is 5.75 Å². The van der Waals surface area contributed by atoms with E-state index in [9.17, 15) is 9.59 Å². The number of carbonyl (C=O) groups excluding carboxylic acids is 2. The van der Waals surface area contributed by atoms with Crippen LogP contribution in [0.4, 0.5) is 5.69 Å². The van der Waals surface area contributed by atoms with Gasteiger partial charge in [-0.2, -0.15) is 5.10 Å². The van der Waals surface area contributed by atoms with Gasteiger partial charge in [0.25, 0.3) is 11.8 Å². The summed E-state index contributed by atoms with van der Waals surface area (Å²) in [5, 5.41) is 7.61. The van der Waals surface area contributed by atoms with Crippen LogP contribution in [0.2, 0.25) is 5.02 Å². The first-order valence-corrected chi connectivity index (χ1v) is 11.3. The van der Waals surface area contributed by atoms with Crippen molar-refractivity contribution >= 4 is 34.8 Å². The fourth-order valence-electron chi connectivity index (χ4n) is 3.33. The van der Waals surface area contributed by atoms with Crippen molar-refractivity contribution in [2.75, 3.05) is 12.1 Å². The molecule has 35 heavy (non-hydrogen) atoms. The van der Waals surface area contributed by atoms with Crippen molar-refractivity contribution in [3.05, 3.63) is 82.4 Å². The number of benzene rings is 3. The number of halogens is 1. The molecule has 0 saturated carbocycles. The molecule has 1 unspecified atom stereocenters. The van der Waals surface area contributed by atoms with Gasteiger partial charge in [0.05, 0.1) is 5.71 Å². The lowest BCUT2D eigenvalue weighted by molar-refractivity contribution is -0.122. The Hall–Kier alpha value is -4.04. The zero-order valence-electron chi connectivity index (χ0n) is 19.4. The highest BCUT2D eigenvalue weighted by molar-refractivity contribution is 6.30. The highest BCUT2D eigenvalue weighted by Gasteiger charge is 2.17. The van der Waals surface area contributed by atoms with Gasteiger partial charge in [-0.1, -0.05) is 23.7 Å². The Labute approximate surface area is 207 Å². The maximum Gasteiger partial charge on any atom is 0.271 e. The lowest BCUT2D eigenvalue weighted by atomic mass is 10.1. The number of anilines is 1. The molecular weight excluding hydrogens is 470 g/mol. The maximum absolute atomic E-state index is 12.5. The second kappa shape index (κ2) is 10.5. The van der Waals surface area contributed by atoms with Gasteiger partial charge in [-0.05, 0) is 80.4 Å². The standard InChI is InChI=1S/C26H24ClN3O5/c1-15-12-20(27)7-11-22(15)35-17(3)25(31)28-21-8-4-18(5-9-21)16(2)29-30-26(32)19-6-10-23-24(13-19)34-14-33-23/h4-13,17H,14H2,1-3H3,(H,28,31)(H,30,32). The van der Waals surface area contributed by atoms with Crippen LogP contribution in [0.25, 0.3) is 0 Å². The molecule has 1 atom stereocenters. The molecule has 1 aliphatic rings. The monoisotopic (exact) mass is 493 g/mol.